The van der Waals surface area contributed by atoms with Gasteiger partial charge < -0.3 is 10.0 Å². The highest BCUT2D eigenvalue weighted by Gasteiger charge is 2.36. The molecule has 1 atom stereocenters. The summed E-state index contributed by atoms with van der Waals surface area (Å²) in [6, 6.07) is 3.80. The van der Waals surface area contributed by atoms with Crippen LogP contribution in [0.3, 0.4) is 0 Å². The molecule has 0 radical (unpaired) electrons. The predicted molar refractivity (Wildman–Crippen MR) is 63.7 cm³/mol. The van der Waals surface area contributed by atoms with E-state index in [1.807, 2.05) is 0 Å². The molecular formula is C13H14F3NO2. The first-order valence-electron chi connectivity index (χ1n) is 5.92. The van der Waals surface area contributed by atoms with Gasteiger partial charge in [-0.1, -0.05) is 6.07 Å². The Morgan fingerprint density at radius 2 is 2.11 bits per heavy atom. The number of hydrogen-bond donors (Lipinski definition) is 1. The fourth-order valence-corrected chi connectivity index (χ4v) is 2.36. The van der Waals surface area contributed by atoms with Gasteiger partial charge in [-0.15, -0.1) is 0 Å². The third kappa shape index (κ3) is 2.58. The van der Waals surface area contributed by atoms with E-state index in [-0.39, 0.29) is 42.6 Å². The van der Waals surface area contributed by atoms with Crippen molar-refractivity contribution in [1.29, 1.82) is 0 Å². The second-order valence-electron chi connectivity index (χ2n) is 4.70. The molecule has 104 valence electrons. The molecule has 0 aromatic heterocycles. The van der Waals surface area contributed by atoms with Gasteiger partial charge in [-0.3, -0.25) is 4.79 Å². The monoisotopic (exact) mass is 273 g/mol. The zero-order valence-electron chi connectivity index (χ0n) is 10.4. The molecule has 1 heterocycles. The van der Waals surface area contributed by atoms with Gasteiger partial charge in [0, 0.05) is 31.2 Å². The Labute approximate surface area is 108 Å². The van der Waals surface area contributed by atoms with Gasteiger partial charge in [0.05, 0.1) is 5.56 Å². The summed E-state index contributed by atoms with van der Waals surface area (Å²) in [4.78, 5) is 13.1. The first-order valence-corrected chi connectivity index (χ1v) is 5.92. The Bertz CT molecular complexity index is 499. The van der Waals surface area contributed by atoms with Crippen molar-refractivity contribution in [3.8, 4) is 0 Å². The van der Waals surface area contributed by atoms with Crippen LogP contribution in [0, 0.1) is 12.8 Å². The van der Waals surface area contributed by atoms with Gasteiger partial charge in [0.25, 0.3) is 0 Å². The molecule has 3 nitrogen and oxygen atoms in total. The van der Waals surface area contributed by atoms with Crippen LogP contribution in [0.2, 0.25) is 0 Å². The topological polar surface area (TPSA) is 40.5 Å². The van der Waals surface area contributed by atoms with E-state index in [0.29, 0.717) is 0 Å². The van der Waals surface area contributed by atoms with E-state index in [2.05, 4.69) is 0 Å². The van der Waals surface area contributed by atoms with Crippen LogP contribution in [-0.2, 0) is 11.0 Å². The Hall–Kier alpha value is -1.56. The first kappa shape index (κ1) is 13.9. The maximum absolute atomic E-state index is 12.8. The molecule has 6 heteroatoms. The number of anilines is 1. The van der Waals surface area contributed by atoms with E-state index in [1.54, 1.807) is 0 Å². The fraction of sp³-hybridized carbons (Fsp3) is 0.462. The van der Waals surface area contributed by atoms with Crippen LogP contribution in [0.4, 0.5) is 18.9 Å². The second-order valence-corrected chi connectivity index (χ2v) is 4.70. The summed E-state index contributed by atoms with van der Waals surface area (Å²) in [7, 11) is 0. The number of aliphatic hydroxyl groups excluding tert-OH is 1. The molecule has 1 saturated heterocycles. The lowest BCUT2D eigenvalue weighted by atomic mass is 10.1. The van der Waals surface area contributed by atoms with Crippen LogP contribution in [0.15, 0.2) is 18.2 Å². The van der Waals surface area contributed by atoms with Crippen LogP contribution >= 0.6 is 0 Å². The molecule has 1 aliphatic heterocycles. The van der Waals surface area contributed by atoms with Crippen molar-refractivity contribution in [3.05, 3.63) is 29.3 Å². The predicted octanol–water partition coefficient (Wildman–Crippen LogP) is 2.36. The number of halogens is 3. The highest BCUT2D eigenvalue weighted by molar-refractivity contribution is 5.96. The molecule has 0 aliphatic carbocycles. The van der Waals surface area contributed by atoms with Crippen molar-refractivity contribution in [3.63, 3.8) is 0 Å². The quantitative estimate of drug-likeness (QED) is 0.898. The van der Waals surface area contributed by atoms with E-state index >= 15 is 0 Å². The summed E-state index contributed by atoms with van der Waals surface area (Å²) >= 11 is 0. The number of amides is 1. The van der Waals surface area contributed by atoms with E-state index in [1.165, 1.54) is 24.0 Å². The SMILES string of the molecule is Cc1c(N2CC(CO)CC2=O)cccc1C(F)(F)F. The van der Waals surface area contributed by atoms with Crippen molar-refractivity contribution in [1.82, 2.24) is 0 Å². The smallest absolute Gasteiger partial charge is 0.396 e. The normalized spacial score (nSPS) is 20.2. The van der Waals surface area contributed by atoms with Gasteiger partial charge in [-0.25, -0.2) is 0 Å². The van der Waals surface area contributed by atoms with E-state index in [9.17, 15) is 18.0 Å². The fourth-order valence-electron chi connectivity index (χ4n) is 2.36. The molecule has 0 spiro atoms. The number of rotatable bonds is 2. The van der Waals surface area contributed by atoms with Crippen LogP contribution in [0.25, 0.3) is 0 Å². The van der Waals surface area contributed by atoms with E-state index in [0.717, 1.165) is 6.07 Å². The van der Waals surface area contributed by atoms with Crippen molar-refractivity contribution in [2.75, 3.05) is 18.1 Å². The van der Waals surface area contributed by atoms with Crippen molar-refractivity contribution >= 4 is 11.6 Å². The van der Waals surface area contributed by atoms with Gasteiger partial charge in [0.1, 0.15) is 0 Å². The first-order chi connectivity index (χ1) is 8.84. The summed E-state index contributed by atoms with van der Waals surface area (Å²) in [6.45, 7) is 1.48. The number of hydrogen-bond acceptors (Lipinski definition) is 2. The average molecular weight is 273 g/mol. The minimum Gasteiger partial charge on any atom is -0.396 e. The Morgan fingerprint density at radius 3 is 2.63 bits per heavy atom. The van der Waals surface area contributed by atoms with Gasteiger partial charge in [-0.2, -0.15) is 13.2 Å². The highest BCUT2D eigenvalue weighted by Crippen LogP contribution is 2.37. The number of nitrogens with zero attached hydrogens (tertiary/aromatic N) is 1. The molecule has 1 aromatic carbocycles. The Morgan fingerprint density at radius 1 is 1.42 bits per heavy atom. The zero-order chi connectivity index (χ0) is 14.2. The van der Waals surface area contributed by atoms with Crippen LogP contribution in [0.5, 0.6) is 0 Å². The number of carbonyl (C=O) groups excluding carboxylic acids is 1. The number of aliphatic hydroxyl groups is 1. The van der Waals surface area contributed by atoms with Crippen LogP contribution in [0.1, 0.15) is 17.5 Å². The minimum atomic E-state index is -4.43. The molecule has 1 amide bonds. The number of benzene rings is 1. The van der Waals surface area contributed by atoms with Crippen molar-refractivity contribution in [2.24, 2.45) is 5.92 Å². The third-order valence-corrected chi connectivity index (χ3v) is 3.36. The lowest BCUT2D eigenvalue weighted by Gasteiger charge is -2.21. The molecule has 0 saturated carbocycles. The van der Waals surface area contributed by atoms with Gasteiger partial charge in [0.2, 0.25) is 5.91 Å². The Kier molecular flexibility index (Phi) is 3.54. The summed E-state index contributed by atoms with van der Waals surface area (Å²) in [6.07, 6.45) is -4.26. The largest absolute Gasteiger partial charge is 0.416 e. The maximum Gasteiger partial charge on any atom is 0.416 e. The molecule has 0 bridgehead atoms. The Balaban J connectivity index is 2.39. The summed E-state index contributed by atoms with van der Waals surface area (Å²) in [5.41, 5.74) is -0.414. The second kappa shape index (κ2) is 4.85. The van der Waals surface area contributed by atoms with Gasteiger partial charge >= 0.3 is 6.18 Å². The molecule has 1 unspecified atom stereocenters. The molecule has 1 aromatic rings. The molecule has 2 rings (SSSR count). The standard InChI is InChI=1S/C13H14F3NO2/c1-8-10(13(14,15)16)3-2-4-11(8)17-6-9(7-18)5-12(17)19/h2-4,9,18H,5-7H2,1H3. The van der Waals surface area contributed by atoms with Crippen molar-refractivity contribution < 1.29 is 23.1 Å². The summed E-state index contributed by atoms with van der Waals surface area (Å²) in [5.74, 6) is -0.456. The minimum absolute atomic E-state index is 0.0435. The lowest BCUT2D eigenvalue weighted by Crippen LogP contribution is -2.26. The van der Waals surface area contributed by atoms with E-state index in [4.69, 9.17) is 5.11 Å². The average Bonchev–Trinajstić information content (AvgIpc) is 2.69. The lowest BCUT2D eigenvalue weighted by molar-refractivity contribution is -0.138. The van der Waals surface area contributed by atoms with Crippen molar-refractivity contribution in [2.45, 2.75) is 19.5 Å². The van der Waals surface area contributed by atoms with Gasteiger partial charge in [-0.05, 0) is 24.6 Å². The molecule has 19 heavy (non-hydrogen) atoms. The molecule has 1 N–H and O–H groups in total. The highest BCUT2D eigenvalue weighted by atomic mass is 19.4. The van der Waals surface area contributed by atoms with Crippen LogP contribution in [-0.4, -0.2) is 24.2 Å². The molecular weight excluding hydrogens is 259 g/mol. The third-order valence-electron chi connectivity index (χ3n) is 3.36. The number of alkyl halides is 3. The molecule has 1 aliphatic rings. The molecule has 1 fully saturated rings. The zero-order valence-corrected chi connectivity index (χ0v) is 10.4. The summed E-state index contributed by atoms with van der Waals surface area (Å²) in [5, 5.41) is 9.04. The van der Waals surface area contributed by atoms with E-state index < -0.39 is 11.7 Å². The van der Waals surface area contributed by atoms with Gasteiger partial charge in [0.15, 0.2) is 0 Å². The van der Waals surface area contributed by atoms with Crippen LogP contribution < -0.4 is 4.90 Å². The number of carbonyl (C=O) groups is 1. The summed E-state index contributed by atoms with van der Waals surface area (Å²) < 4.78 is 38.4. The maximum atomic E-state index is 12.8.